The van der Waals surface area contributed by atoms with Gasteiger partial charge in [-0.3, -0.25) is 14.6 Å². The topological polar surface area (TPSA) is 125 Å². The summed E-state index contributed by atoms with van der Waals surface area (Å²) in [4.78, 5) is 32.3. The summed E-state index contributed by atoms with van der Waals surface area (Å²) in [5, 5.41) is 19.9. The lowest BCUT2D eigenvalue weighted by Crippen LogP contribution is -2.46. The second-order valence-electron chi connectivity index (χ2n) is 7.98. The molecule has 12 heteroatoms. The van der Waals surface area contributed by atoms with Gasteiger partial charge < -0.3 is 15.1 Å². The minimum Gasteiger partial charge on any atom is -0.478 e. The number of halogens is 2. The number of anilines is 1. The fourth-order valence-electron chi connectivity index (χ4n) is 3.64. The van der Waals surface area contributed by atoms with Crippen molar-refractivity contribution in [3.8, 4) is 11.3 Å². The third kappa shape index (κ3) is 6.69. The van der Waals surface area contributed by atoms with Crippen molar-refractivity contribution in [3.05, 3.63) is 71.8 Å². The molecule has 1 aliphatic rings. The van der Waals surface area contributed by atoms with Crippen LogP contribution < -0.4 is 4.90 Å². The van der Waals surface area contributed by atoms with Crippen LogP contribution in [0.25, 0.3) is 11.3 Å². The number of aryl methyl sites for hydroxylation is 1. The molecule has 0 saturated carbocycles. The zero-order valence-corrected chi connectivity index (χ0v) is 19.8. The van der Waals surface area contributed by atoms with Crippen LogP contribution in [0.5, 0.6) is 0 Å². The molecule has 1 aromatic carbocycles. The highest BCUT2D eigenvalue weighted by Gasteiger charge is 2.24. The van der Waals surface area contributed by atoms with Crippen molar-refractivity contribution in [1.82, 2.24) is 24.6 Å². The lowest BCUT2D eigenvalue weighted by molar-refractivity contribution is -0.134. The Bertz CT molecular complexity index is 1240. The molecule has 0 spiro atoms. The summed E-state index contributed by atoms with van der Waals surface area (Å²) in [6, 6.07) is 4.13. The summed E-state index contributed by atoms with van der Waals surface area (Å²) >= 11 is 0. The number of benzene rings is 1. The summed E-state index contributed by atoms with van der Waals surface area (Å²) in [6.07, 6.45) is 6.12. The number of carboxylic acid groups (broad SMARTS) is 2. The Labute approximate surface area is 206 Å². The highest BCUT2D eigenvalue weighted by Crippen LogP contribution is 2.30. The predicted molar refractivity (Wildman–Crippen MR) is 127 cm³/mol. The third-order valence-corrected chi connectivity index (χ3v) is 5.66. The summed E-state index contributed by atoms with van der Waals surface area (Å²) < 4.78 is 29.9. The Balaban J connectivity index is 0.000000392. The van der Waals surface area contributed by atoms with E-state index in [1.54, 1.807) is 6.20 Å². The second-order valence-corrected chi connectivity index (χ2v) is 7.98. The van der Waals surface area contributed by atoms with Crippen LogP contribution in [-0.2, 0) is 23.2 Å². The van der Waals surface area contributed by atoms with Crippen molar-refractivity contribution in [3.63, 3.8) is 0 Å². The number of hydrogen-bond donors (Lipinski definition) is 2. The van der Waals surface area contributed by atoms with Gasteiger partial charge in [-0.25, -0.2) is 23.4 Å². The van der Waals surface area contributed by atoms with E-state index < -0.39 is 23.6 Å². The largest absolute Gasteiger partial charge is 0.478 e. The van der Waals surface area contributed by atoms with Crippen LogP contribution in [0.2, 0.25) is 0 Å². The van der Waals surface area contributed by atoms with Crippen LogP contribution in [0.4, 0.5) is 14.6 Å². The summed E-state index contributed by atoms with van der Waals surface area (Å²) in [5.41, 5.74) is 2.89. The first-order valence-corrected chi connectivity index (χ1v) is 11.0. The van der Waals surface area contributed by atoms with E-state index in [9.17, 15) is 18.4 Å². The maximum absolute atomic E-state index is 14.3. The van der Waals surface area contributed by atoms with Crippen LogP contribution in [0.3, 0.4) is 0 Å². The summed E-state index contributed by atoms with van der Waals surface area (Å²) in [7, 11) is 1.94. The van der Waals surface area contributed by atoms with Crippen LogP contribution in [0, 0.1) is 18.6 Å². The summed E-state index contributed by atoms with van der Waals surface area (Å²) in [5.74, 6) is -3.70. The number of carboxylic acids is 2. The van der Waals surface area contributed by atoms with E-state index >= 15 is 0 Å². The van der Waals surface area contributed by atoms with Crippen LogP contribution in [-0.4, -0.2) is 73.0 Å². The third-order valence-electron chi connectivity index (χ3n) is 5.66. The van der Waals surface area contributed by atoms with Gasteiger partial charge in [-0.1, -0.05) is 6.07 Å². The van der Waals surface area contributed by atoms with Crippen LogP contribution in [0.1, 0.15) is 11.3 Å². The number of carbonyl (C=O) groups is 2. The molecule has 0 unspecified atom stereocenters. The second kappa shape index (κ2) is 12.0. The molecular weight excluding hydrogens is 474 g/mol. The number of nitrogens with zero attached hydrogens (tertiary/aromatic N) is 6. The maximum atomic E-state index is 14.3. The maximum Gasteiger partial charge on any atom is 0.328 e. The first-order valence-electron chi connectivity index (χ1n) is 11.0. The molecule has 0 radical (unpaired) electrons. The van der Waals surface area contributed by atoms with Gasteiger partial charge in [-0.2, -0.15) is 5.10 Å². The van der Waals surface area contributed by atoms with Crippen molar-refractivity contribution >= 4 is 17.8 Å². The van der Waals surface area contributed by atoms with Crippen molar-refractivity contribution in [1.29, 1.82) is 0 Å². The van der Waals surface area contributed by atoms with Gasteiger partial charge in [0.05, 0.1) is 6.20 Å². The normalized spacial score (nSPS) is 13.9. The minimum absolute atomic E-state index is 0.136. The highest BCUT2D eigenvalue weighted by molar-refractivity contribution is 5.89. The number of hydrogen-bond acceptors (Lipinski definition) is 7. The number of aliphatic carboxylic acids is 2. The Morgan fingerprint density at radius 3 is 2.25 bits per heavy atom. The average molecular weight is 501 g/mol. The first-order chi connectivity index (χ1) is 17.2. The van der Waals surface area contributed by atoms with Crippen molar-refractivity contribution < 1.29 is 28.6 Å². The molecule has 10 nitrogen and oxygen atoms in total. The Kier molecular flexibility index (Phi) is 8.79. The van der Waals surface area contributed by atoms with Crippen molar-refractivity contribution in [2.45, 2.75) is 13.5 Å². The summed E-state index contributed by atoms with van der Waals surface area (Å²) in [6.45, 7) is 6.08. The molecular formula is C24H26F2N6O4. The Hall–Kier alpha value is -4.19. The van der Waals surface area contributed by atoms with Gasteiger partial charge in [0.25, 0.3) is 0 Å². The standard InChI is InChI=1S/C20H22F2N6.C4H4O4/c1-14-15(12-25-26(14)2)13-27-8-10-28(11-9-27)20-19(23-6-7-24-20)16-4-3-5-17(21)18(16)22;5-3(6)1-2-4(7)8/h3-7,12H,8-11,13H2,1-2H3;1-2H,(H,5,6)(H,7,8). The van der Waals surface area contributed by atoms with Gasteiger partial charge in [-0.05, 0) is 19.1 Å². The molecule has 190 valence electrons. The minimum atomic E-state index is -1.26. The van der Waals surface area contributed by atoms with E-state index in [2.05, 4.69) is 31.8 Å². The molecule has 3 heterocycles. The highest BCUT2D eigenvalue weighted by atomic mass is 19.2. The Morgan fingerprint density at radius 2 is 1.67 bits per heavy atom. The van der Waals surface area contributed by atoms with Gasteiger partial charge >= 0.3 is 11.9 Å². The van der Waals surface area contributed by atoms with E-state index in [0.29, 0.717) is 23.7 Å². The molecule has 2 aromatic heterocycles. The lowest BCUT2D eigenvalue weighted by atomic mass is 10.1. The van der Waals surface area contributed by atoms with Gasteiger partial charge in [0.15, 0.2) is 17.5 Å². The fourth-order valence-corrected chi connectivity index (χ4v) is 3.64. The molecule has 0 amide bonds. The molecule has 1 saturated heterocycles. The van der Waals surface area contributed by atoms with Gasteiger partial charge in [0.1, 0.15) is 5.69 Å². The molecule has 1 aliphatic heterocycles. The molecule has 36 heavy (non-hydrogen) atoms. The van der Waals surface area contributed by atoms with E-state index in [1.165, 1.54) is 29.6 Å². The monoisotopic (exact) mass is 500 g/mol. The van der Waals surface area contributed by atoms with Crippen molar-refractivity contribution in [2.75, 3.05) is 31.1 Å². The number of piperazine rings is 1. The van der Waals surface area contributed by atoms with Crippen molar-refractivity contribution in [2.24, 2.45) is 7.05 Å². The molecule has 0 bridgehead atoms. The molecule has 3 aromatic rings. The zero-order chi connectivity index (χ0) is 26.2. The zero-order valence-electron chi connectivity index (χ0n) is 19.8. The molecule has 0 atom stereocenters. The van der Waals surface area contributed by atoms with Gasteiger partial charge in [0.2, 0.25) is 0 Å². The molecule has 2 N–H and O–H groups in total. The smallest absolute Gasteiger partial charge is 0.328 e. The SMILES string of the molecule is Cc1c(CN2CCN(c3nccnc3-c3cccc(F)c3F)CC2)cnn1C.O=C(O)C=CC(=O)O. The molecule has 1 fully saturated rings. The van der Waals surface area contributed by atoms with Gasteiger partial charge in [0, 0.05) is 81.1 Å². The first kappa shape index (κ1) is 26.4. The lowest BCUT2D eigenvalue weighted by Gasteiger charge is -2.35. The van der Waals surface area contributed by atoms with E-state index in [0.717, 1.165) is 38.8 Å². The van der Waals surface area contributed by atoms with Crippen LogP contribution >= 0.6 is 0 Å². The molecule has 0 aliphatic carbocycles. The number of rotatable bonds is 6. The van der Waals surface area contributed by atoms with Gasteiger partial charge in [-0.15, -0.1) is 0 Å². The Morgan fingerprint density at radius 1 is 1.03 bits per heavy atom. The average Bonchev–Trinajstić information content (AvgIpc) is 3.17. The van der Waals surface area contributed by atoms with E-state index in [-0.39, 0.29) is 5.56 Å². The molecule has 4 rings (SSSR count). The number of aromatic nitrogens is 4. The fraction of sp³-hybridized carbons (Fsp3) is 0.292. The predicted octanol–water partition coefficient (Wildman–Crippen LogP) is 2.50. The van der Waals surface area contributed by atoms with E-state index in [1.807, 2.05) is 17.9 Å². The quantitative estimate of drug-likeness (QED) is 0.491. The van der Waals surface area contributed by atoms with E-state index in [4.69, 9.17) is 10.2 Å². The van der Waals surface area contributed by atoms with Crippen LogP contribution in [0.15, 0.2) is 48.9 Å².